The molecule has 3 rings (SSSR count). The maximum Gasteiger partial charge on any atom is 0.573 e. The Labute approximate surface area is 200 Å². The van der Waals surface area contributed by atoms with E-state index in [0.717, 1.165) is 5.39 Å². The van der Waals surface area contributed by atoms with Gasteiger partial charge in [0.2, 0.25) is 0 Å². The molecule has 0 radical (unpaired) electrons. The summed E-state index contributed by atoms with van der Waals surface area (Å²) in [6, 6.07) is 14.6. The molecule has 186 valence electrons. The van der Waals surface area contributed by atoms with Crippen molar-refractivity contribution in [1.29, 1.82) is 0 Å². The second kappa shape index (κ2) is 10.2. The number of alkyl halides is 3. The molecule has 0 spiro atoms. The molecule has 0 aliphatic carbocycles. The van der Waals surface area contributed by atoms with Crippen LogP contribution in [0.1, 0.15) is 43.1 Å². The summed E-state index contributed by atoms with van der Waals surface area (Å²) in [7, 11) is 0. The number of carbonyl (C=O) groups excluding carboxylic acids is 1. The van der Waals surface area contributed by atoms with Gasteiger partial charge in [0.25, 0.3) is 5.91 Å². The van der Waals surface area contributed by atoms with Gasteiger partial charge in [0, 0.05) is 5.39 Å². The standard InChI is InChI=1S/C26H26F3NO5/c1-25(2,3)14-21(24(32)33)30-23(31)20-13-10-17-6-4-5-7-19(17)22(20)34-15-16-8-11-18(12-9-16)35-26(27,28)29/h4-13,21H,14-15H2,1-3H3,(H,30,31)(H,32,33)/t21-/m0/s1. The number of nitrogens with one attached hydrogen (secondary N) is 1. The largest absolute Gasteiger partial charge is 0.573 e. The normalized spacial score (nSPS) is 12.7. The number of fused-ring (bicyclic) bond motifs is 1. The van der Waals surface area contributed by atoms with Gasteiger partial charge in [0.1, 0.15) is 24.1 Å². The van der Waals surface area contributed by atoms with Crippen molar-refractivity contribution in [1.82, 2.24) is 5.32 Å². The van der Waals surface area contributed by atoms with E-state index in [1.165, 1.54) is 24.3 Å². The van der Waals surface area contributed by atoms with Gasteiger partial charge in [-0.05, 0) is 41.0 Å². The van der Waals surface area contributed by atoms with Crippen molar-refractivity contribution in [3.05, 3.63) is 71.8 Å². The molecule has 0 bridgehead atoms. The van der Waals surface area contributed by atoms with Crippen molar-refractivity contribution in [2.24, 2.45) is 5.41 Å². The minimum absolute atomic E-state index is 0.0368. The third-order valence-electron chi connectivity index (χ3n) is 5.08. The molecule has 3 aromatic carbocycles. The van der Waals surface area contributed by atoms with E-state index in [9.17, 15) is 27.9 Å². The fraction of sp³-hybridized carbons (Fsp3) is 0.308. The highest BCUT2D eigenvalue weighted by atomic mass is 19.4. The molecule has 35 heavy (non-hydrogen) atoms. The molecule has 0 heterocycles. The SMILES string of the molecule is CC(C)(C)C[C@H](NC(=O)c1ccc2ccccc2c1OCc1ccc(OC(F)(F)F)cc1)C(=O)O. The molecule has 0 fully saturated rings. The zero-order valence-electron chi connectivity index (χ0n) is 19.5. The van der Waals surface area contributed by atoms with Crippen LogP contribution in [-0.2, 0) is 11.4 Å². The molecule has 9 heteroatoms. The van der Waals surface area contributed by atoms with Crippen LogP contribution in [0.4, 0.5) is 13.2 Å². The van der Waals surface area contributed by atoms with E-state index in [1.807, 2.05) is 32.9 Å². The molecule has 1 atom stereocenters. The van der Waals surface area contributed by atoms with Crippen molar-refractivity contribution in [3.8, 4) is 11.5 Å². The quantitative estimate of drug-likeness (QED) is 0.409. The third-order valence-corrected chi connectivity index (χ3v) is 5.08. The zero-order valence-corrected chi connectivity index (χ0v) is 19.5. The fourth-order valence-electron chi connectivity index (χ4n) is 3.57. The lowest BCUT2D eigenvalue weighted by molar-refractivity contribution is -0.274. The number of carboxylic acids is 1. The monoisotopic (exact) mass is 489 g/mol. The summed E-state index contributed by atoms with van der Waals surface area (Å²) in [5.74, 6) is -1.85. The lowest BCUT2D eigenvalue weighted by Crippen LogP contribution is -2.43. The van der Waals surface area contributed by atoms with Gasteiger partial charge >= 0.3 is 12.3 Å². The number of carboxylic acid groups (broad SMARTS) is 1. The van der Waals surface area contributed by atoms with Crippen LogP contribution >= 0.6 is 0 Å². The maximum atomic E-state index is 13.1. The first kappa shape index (κ1) is 25.9. The number of ether oxygens (including phenoxy) is 2. The van der Waals surface area contributed by atoms with E-state index in [1.54, 1.807) is 24.3 Å². The molecule has 0 aromatic heterocycles. The van der Waals surface area contributed by atoms with Crippen molar-refractivity contribution in [3.63, 3.8) is 0 Å². The fourth-order valence-corrected chi connectivity index (χ4v) is 3.57. The summed E-state index contributed by atoms with van der Waals surface area (Å²) < 4.78 is 47.0. The molecule has 0 saturated heterocycles. The van der Waals surface area contributed by atoms with Crippen molar-refractivity contribution >= 4 is 22.6 Å². The van der Waals surface area contributed by atoms with E-state index in [-0.39, 0.29) is 35.5 Å². The molecule has 0 aliphatic rings. The van der Waals surface area contributed by atoms with Crippen molar-refractivity contribution < 1.29 is 37.3 Å². The summed E-state index contributed by atoms with van der Waals surface area (Å²) in [5, 5.41) is 13.6. The average Bonchev–Trinajstić information content (AvgIpc) is 2.75. The lowest BCUT2D eigenvalue weighted by Gasteiger charge is -2.24. The summed E-state index contributed by atoms with van der Waals surface area (Å²) in [4.78, 5) is 24.9. The van der Waals surface area contributed by atoms with E-state index >= 15 is 0 Å². The topological polar surface area (TPSA) is 84.9 Å². The Hall–Kier alpha value is -3.75. The van der Waals surface area contributed by atoms with Crippen LogP contribution in [0.2, 0.25) is 0 Å². The summed E-state index contributed by atoms with van der Waals surface area (Å²) in [6.07, 6.45) is -4.56. The van der Waals surface area contributed by atoms with E-state index < -0.39 is 24.3 Å². The van der Waals surface area contributed by atoms with E-state index in [0.29, 0.717) is 10.9 Å². The second-order valence-electron chi connectivity index (χ2n) is 9.27. The van der Waals surface area contributed by atoms with Gasteiger partial charge in [-0.2, -0.15) is 0 Å². The maximum absolute atomic E-state index is 13.1. The van der Waals surface area contributed by atoms with Gasteiger partial charge in [-0.15, -0.1) is 13.2 Å². The van der Waals surface area contributed by atoms with Gasteiger partial charge in [-0.25, -0.2) is 4.79 Å². The van der Waals surface area contributed by atoms with Crippen molar-refractivity contribution in [2.75, 3.05) is 0 Å². The first-order valence-electron chi connectivity index (χ1n) is 10.9. The average molecular weight is 489 g/mol. The van der Waals surface area contributed by atoms with Gasteiger partial charge in [-0.3, -0.25) is 4.79 Å². The number of aliphatic carboxylic acids is 1. The van der Waals surface area contributed by atoms with Crippen LogP contribution in [0.5, 0.6) is 11.5 Å². The van der Waals surface area contributed by atoms with Gasteiger partial charge < -0.3 is 19.9 Å². The predicted molar refractivity (Wildman–Crippen MR) is 124 cm³/mol. The summed E-state index contributed by atoms with van der Waals surface area (Å²) >= 11 is 0. The smallest absolute Gasteiger partial charge is 0.487 e. The Balaban J connectivity index is 1.87. The molecular formula is C26H26F3NO5. The van der Waals surface area contributed by atoms with Crippen molar-refractivity contribution in [2.45, 2.75) is 46.2 Å². The third kappa shape index (κ3) is 7.37. The number of hydrogen-bond acceptors (Lipinski definition) is 4. The van der Waals surface area contributed by atoms with Crippen LogP contribution in [-0.4, -0.2) is 29.4 Å². The molecule has 2 N–H and O–H groups in total. The Morgan fingerprint density at radius 3 is 2.23 bits per heavy atom. The minimum atomic E-state index is -4.79. The van der Waals surface area contributed by atoms with Gasteiger partial charge in [-0.1, -0.05) is 63.2 Å². The van der Waals surface area contributed by atoms with Gasteiger partial charge in [0.15, 0.2) is 0 Å². The minimum Gasteiger partial charge on any atom is -0.487 e. The van der Waals surface area contributed by atoms with Crippen LogP contribution in [0.15, 0.2) is 60.7 Å². The van der Waals surface area contributed by atoms with Gasteiger partial charge in [0.05, 0.1) is 5.56 Å². The first-order valence-corrected chi connectivity index (χ1v) is 10.9. The molecular weight excluding hydrogens is 463 g/mol. The lowest BCUT2D eigenvalue weighted by atomic mass is 9.88. The molecule has 1 amide bonds. The number of halogens is 3. The second-order valence-corrected chi connectivity index (χ2v) is 9.27. The number of amides is 1. The highest BCUT2D eigenvalue weighted by Crippen LogP contribution is 2.32. The van der Waals surface area contributed by atoms with Crippen LogP contribution in [0.25, 0.3) is 10.8 Å². The Kier molecular flexibility index (Phi) is 7.57. The number of carbonyl (C=O) groups is 2. The van der Waals surface area contributed by atoms with E-state index in [4.69, 9.17) is 4.74 Å². The van der Waals surface area contributed by atoms with Crippen LogP contribution < -0.4 is 14.8 Å². The highest BCUT2D eigenvalue weighted by molar-refractivity contribution is 6.04. The molecule has 0 aliphatic heterocycles. The Bertz CT molecular complexity index is 1200. The number of rotatable bonds is 8. The van der Waals surface area contributed by atoms with Crippen LogP contribution in [0.3, 0.4) is 0 Å². The molecule has 3 aromatic rings. The van der Waals surface area contributed by atoms with E-state index in [2.05, 4.69) is 10.1 Å². The Morgan fingerprint density at radius 1 is 0.971 bits per heavy atom. The summed E-state index contributed by atoms with van der Waals surface area (Å²) in [5.41, 5.74) is 0.372. The molecule has 0 unspecified atom stereocenters. The number of hydrogen-bond donors (Lipinski definition) is 2. The predicted octanol–water partition coefficient (Wildman–Crippen LogP) is 5.94. The van der Waals surface area contributed by atoms with Crippen LogP contribution in [0, 0.1) is 5.41 Å². The highest BCUT2D eigenvalue weighted by Gasteiger charge is 2.31. The Morgan fingerprint density at radius 2 is 1.63 bits per heavy atom. The molecule has 0 saturated carbocycles. The molecule has 6 nitrogen and oxygen atoms in total. The first-order chi connectivity index (χ1) is 16.3. The summed E-state index contributed by atoms with van der Waals surface area (Å²) in [6.45, 7) is 5.60. The zero-order chi connectivity index (χ0) is 25.8. The number of benzene rings is 3.